The van der Waals surface area contributed by atoms with Gasteiger partial charge in [0.2, 0.25) is 0 Å². The topological polar surface area (TPSA) is 15.3 Å². The SMILES string of the molecule is CSCCCN1CC(C)(C)NCC1C(C)C. The molecule has 0 amide bonds. The highest BCUT2D eigenvalue weighted by Crippen LogP contribution is 2.20. The van der Waals surface area contributed by atoms with Crippen LogP contribution < -0.4 is 5.32 Å². The van der Waals surface area contributed by atoms with Gasteiger partial charge in [0.1, 0.15) is 0 Å². The Bertz CT molecular complexity index is 204. The summed E-state index contributed by atoms with van der Waals surface area (Å²) < 4.78 is 0. The van der Waals surface area contributed by atoms with E-state index in [2.05, 4.69) is 44.2 Å². The molecule has 0 radical (unpaired) electrons. The zero-order valence-corrected chi connectivity index (χ0v) is 12.4. The second-order valence-electron chi connectivity index (χ2n) is 5.89. The van der Waals surface area contributed by atoms with Crippen molar-refractivity contribution < 1.29 is 0 Å². The average Bonchev–Trinajstić information content (AvgIpc) is 2.16. The number of nitrogens with one attached hydrogen (secondary N) is 1. The molecule has 0 aromatic rings. The summed E-state index contributed by atoms with van der Waals surface area (Å²) in [5, 5.41) is 3.66. The van der Waals surface area contributed by atoms with Gasteiger partial charge in [0.25, 0.3) is 0 Å². The van der Waals surface area contributed by atoms with Crippen LogP contribution in [0.3, 0.4) is 0 Å². The van der Waals surface area contributed by atoms with E-state index in [1.807, 2.05) is 11.8 Å². The molecule has 1 fully saturated rings. The largest absolute Gasteiger partial charge is 0.309 e. The van der Waals surface area contributed by atoms with Crippen molar-refractivity contribution in [3.05, 3.63) is 0 Å². The molecule has 2 nitrogen and oxygen atoms in total. The van der Waals surface area contributed by atoms with Crippen LogP contribution in [-0.4, -0.2) is 48.1 Å². The second-order valence-corrected chi connectivity index (χ2v) is 6.88. The summed E-state index contributed by atoms with van der Waals surface area (Å²) in [4.78, 5) is 2.69. The van der Waals surface area contributed by atoms with Crippen molar-refractivity contribution in [2.45, 2.75) is 45.7 Å². The van der Waals surface area contributed by atoms with E-state index >= 15 is 0 Å². The maximum Gasteiger partial charge on any atom is 0.0252 e. The number of rotatable bonds is 5. The second kappa shape index (κ2) is 6.27. The van der Waals surface area contributed by atoms with E-state index in [4.69, 9.17) is 0 Å². The van der Waals surface area contributed by atoms with Gasteiger partial charge >= 0.3 is 0 Å². The van der Waals surface area contributed by atoms with Crippen LogP contribution in [0.5, 0.6) is 0 Å². The number of thioether (sulfide) groups is 1. The summed E-state index contributed by atoms with van der Waals surface area (Å²) in [6.45, 7) is 12.9. The maximum absolute atomic E-state index is 3.66. The molecule has 1 aliphatic rings. The van der Waals surface area contributed by atoms with Gasteiger partial charge in [-0.1, -0.05) is 13.8 Å². The summed E-state index contributed by atoms with van der Waals surface area (Å²) in [6.07, 6.45) is 3.52. The number of nitrogens with zero attached hydrogens (tertiary/aromatic N) is 1. The van der Waals surface area contributed by atoms with Crippen molar-refractivity contribution in [1.82, 2.24) is 10.2 Å². The highest BCUT2D eigenvalue weighted by Gasteiger charge is 2.33. The van der Waals surface area contributed by atoms with Crippen molar-refractivity contribution in [1.29, 1.82) is 0 Å². The van der Waals surface area contributed by atoms with Crippen molar-refractivity contribution >= 4 is 11.8 Å². The maximum atomic E-state index is 3.66. The lowest BCUT2D eigenvalue weighted by Gasteiger charge is -2.46. The summed E-state index contributed by atoms with van der Waals surface area (Å²) in [6, 6.07) is 0.717. The molecule has 96 valence electrons. The van der Waals surface area contributed by atoms with Crippen LogP contribution in [0.2, 0.25) is 0 Å². The Kier molecular flexibility index (Phi) is 5.62. The van der Waals surface area contributed by atoms with Gasteiger partial charge in [0, 0.05) is 24.7 Å². The van der Waals surface area contributed by atoms with Gasteiger partial charge in [-0.25, -0.2) is 0 Å². The Hall–Kier alpha value is 0.270. The lowest BCUT2D eigenvalue weighted by atomic mass is 9.93. The highest BCUT2D eigenvalue weighted by atomic mass is 32.2. The molecule has 1 atom stereocenters. The summed E-state index contributed by atoms with van der Waals surface area (Å²) in [7, 11) is 0. The van der Waals surface area contributed by atoms with Gasteiger partial charge < -0.3 is 5.32 Å². The third kappa shape index (κ3) is 4.27. The third-order valence-corrected chi connectivity index (χ3v) is 4.12. The fourth-order valence-corrected chi connectivity index (χ4v) is 2.92. The molecule has 1 unspecified atom stereocenters. The lowest BCUT2D eigenvalue weighted by Crippen LogP contribution is -2.63. The van der Waals surface area contributed by atoms with Gasteiger partial charge in [0.05, 0.1) is 0 Å². The van der Waals surface area contributed by atoms with E-state index in [0.29, 0.717) is 0 Å². The molecule has 0 aromatic heterocycles. The first-order valence-electron chi connectivity index (χ1n) is 6.44. The van der Waals surface area contributed by atoms with Crippen molar-refractivity contribution in [3.8, 4) is 0 Å². The summed E-state index contributed by atoms with van der Waals surface area (Å²) in [5.74, 6) is 2.03. The quantitative estimate of drug-likeness (QED) is 0.748. The molecule has 1 saturated heterocycles. The molecular formula is C13H28N2S. The van der Waals surface area contributed by atoms with E-state index in [1.54, 1.807) is 0 Å². The first-order valence-corrected chi connectivity index (χ1v) is 7.83. The Balaban J connectivity index is 2.50. The van der Waals surface area contributed by atoms with Crippen LogP contribution in [0.1, 0.15) is 34.1 Å². The highest BCUT2D eigenvalue weighted by molar-refractivity contribution is 7.98. The van der Waals surface area contributed by atoms with E-state index in [0.717, 1.165) is 18.5 Å². The molecule has 0 aliphatic carbocycles. The number of piperazine rings is 1. The molecule has 0 aromatic carbocycles. The molecule has 1 N–H and O–H groups in total. The molecule has 0 spiro atoms. The van der Waals surface area contributed by atoms with Crippen molar-refractivity contribution in [2.75, 3.05) is 31.6 Å². The fourth-order valence-electron chi connectivity index (χ4n) is 2.51. The minimum Gasteiger partial charge on any atom is -0.309 e. The molecule has 16 heavy (non-hydrogen) atoms. The van der Waals surface area contributed by atoms with Gasteiger partial charge in [-0.05, 0) is 44.7 Å². The number of hydrogen-bond acceptors (Lipinski definition) is 3. The molecule has 1 rings (SSSR count). The summed E-state index contributed by atoms with van der Waals surface area (Å²) >= 11 is 1.96. The van der Waals surface area contributed by atoms with Gasteiger partial charge in [-0.2, -0.15) is 11.8 Å². The van der Waals surface area contributed by atoms with Crippen LogP contribution in [0.25, 0.3) is 0 Å². The zero-order valence-electron chi connectivity index (χ0n) is 11.5. The van der Waals surface area contributed by atoms with Gasteiger partial charge in [-0.15, -0.1) is 0 Å². The van der Waals surface area contributed by atoms with Crippen LogP contribution in [0, 0.1) is 5.92 Å². The van der Waals surface area contributed by atoms with Crippen LogP contribution in [0.4, 0.5) is 0 Å². The van der Waals surface area contributed by atoms with Crippen molar-refractivity contribution in [3.63, 3.8) is 0 Å². The molecular weight excluding hydrogens is 216 g/mol. The molecule has 1 heterocycles. The molecule has 1 aliphatic heterocycles. The van der Waals surface area contributed by atoms with E-state index < -0.39 is 0 Å². The first kappa shape index (κ1) is 14.3. The monoisotopic (exact) mass is 244 g/mol. The Labute approximate surface area is 106 Å². The predicted octanol–water partition coefficient (Wildman–Crippen LogP) is 2.45. The van der Waals surface area contributed by atoms with Crippen molar-refractivity contribution in [2.24, 2.45) is 5.92 Å². The third-order valence-electron chi connectivity index (χ3n) is 3.42. The lowest BCUT2D eigenvalue weighted by molar-refractivity contribution is 0.0699. The van der Waals surface area contributed by atoms with E-state index in [1.165, 1.54) is 25.3 Å². The van der Waals surface area contributed by atoms with E-state index in [9.17, 15) is 0 Å². The molecule has 3 heteroatoms. The van der Waals surface area contributed by atoms with Crippen LogP contribution in [-0.2, 0) is 0 Å². The van der Waals surface area contributed by atoms with Crippen LogP contribution in [0.15, 0.2) is 0 Å². The minimum absolute atomic E-state index is 0.282. The van der Waals surface area contributed by atoms with E-state index in [-0.39, 0.29) is 5.54 Å². The Morgan fingerprint density at radius 3 is 2.69 bits per heavy atom. The van der Waals surface area contributed by atoms with Gasteiger partial charge in [-0.3, -0.25) is 4.90 Å². The zero-order chi connectivity index (χ0) is 12.2. The fraction of sp³-hybridized carbons (Fsp3) is 1.00. The standard InChI is InChI=1S/C13H28N2S/c1-11(2)12-9-14-13(3,4)10-15(12)7-6-8-16-5/h11-12,14H,6-10H2,1-5H3. The normalized spacial score (nSPS) is 26.2. The first-order chi connectivity index (χ1) is 7.46. The summed E-state index contributed by atoms with van der Waals surface area (Å²) in [5.41, 5.74) is 0.282. The smallest absolute Gasteiger partial charge is 0.0252 e. The average molecular weight is 244 g/mol. The molecule has 0 bridgehead atoms. The van der Waals surface area contributed by atoms with Gasteiger partial charge in [0.15, 0.2) is 0 Å². The minimum atomic E-state index is 0.282. The Morgan fingerprint density at radius 1 is 1.44 bits per heavy atom. The van der Waals surface area contributed by atoms with Crippen LogP contribution >= 0.6 is 11.8 Å². The molecule has 0 saturated carbocycles. The predicted molar refractivity (Wildman–Crippen MR) is 75.3 cm³/mol. The Morgan fingerprint density at radius 2 is 2.12 bits per heavy atom. The number of hydrogen-bond donors (Lipinski definition) is 1.